The predicted octanol–water partition coefficient (Wildman–Crippen LogP) is -0.603. The highest BCUT2D eigenvalue weighted by molar-refractivity contribution is 5.82. The zero-order valence-electron chi connectivity index (χ0n) is 7.30. The molecule has 1 heterocycles. The van der Waals surface area contributed by atoms with E-state index in [1.807, 2.05) is 11.8 Å². The quantitative estimate of drug-likeness (QED) is 0.615. The fourth-order valence-corrected chi connectivity index (χ4v) is 1.19. The van der Waals surface area contributed by atoms with Crippen LogP contribution in [0.25, 0.3) is 0 Å². The number of carbonyl (C=O) groups excluding carboxylic acids is 2. The van der Waals surface area contributed by atoms with E-state index in [1.54, 1.807) is 0 Å². The minimum Gasteiger partial charge on any atom is -0.354 e. The number of nitrogens with one attached hydrogen (secondary N) is 1. The molecule has 0 aromatic heterocycles. The van der Waals surface area contributed by atoms with Gasteiger partial charge >= 0.3 is 0 Å². The number of nitrogens with zero attached hydrogens (tertiary/aromatic N) is 1. The molecule has 0 saturated carbocycles. The Kier molecular flexibility index (Phi) is 3.22. The first kappa shape index (κ1) is 9.19. The number of Topliss-reactive ketones (excluding diaryl/α,β-unsaturated/α-hetero) is 1. The molecule has 1 amide bonds. The monoisotopic (exact) mass is 170 g/mol. The van der Waals surface area contributed by atoms with Crippen LogP contribution < -0.4 is 5.32 Å². The average molecular weight is 170 g/mol. The Hall–Kier alpha value is -0.900. The predicted molar refractivity (Wildman–Crippen MR) is 44.7 cm³/mol. The molecule has 68 valence electrons. The molecule has 4 nitrogen and oxygen atoms in total. The summed E-state index contributed by atoms with van der Waals surface area (Å²) in [6.07, 6.45) is 0.554. The van der Waals surface area contributed by atoms with E-state index in [2.05, 4.69) is 5.32 Å². The van der Waals surface area contributed by atoms with Crippen molar-refractivity contribution in [2.24, 2.45) is 0 Å². The summed E-state index contributed by atoms with van der Waals surface area (Å²) in [7, 11) is 0. The number of rotatable bonds is 3. The maximum atomic E-state index is 11.0. The highest BCUT2D eigenvalue weighted by atomic mass is 16.2. The van der Waals surface area contributed by atoms with Crippen molar-refractivity contribution in [1.82, 2.24) is 10.2 Å². The lowest BCUT2D eigenvalue weighted by molar-refractivity contribution is -0.126. The van der Waals surface area contributed by atoms with E-state index < -0.39 is 0 Å². The first-order chi connectivity index (χ1) is 5.72. The third-order valence-electron chi connectivity index (χ3n) is 1.91. The lowest BCUT2D eigenvalue weighted by Crippen LogP contribution is -2.49. The lowest BCUT2D eigenvalue weighted by atomic mass is 10.2. The van der Waals surface area contributed by atoms with Crippen LogP contribution in [0.1, 0.15) is 13.3 Å². The zero-order valence-corrected chi connectivity index (χ0v) is 7.30. The van der Waals surface area contributed by atoms with Gasteiger partial charge in [-0.1, -0.05) is 6.92 Å². The molecule has 0 atom stereocenters. The van der Waals surface area contributed by atoms with E-state index in [9.17, 15) is 9.59 Å². The Labute approximate surface area is 71.9 Å². The number of piperazine rings is 1. The summed E-state index contributed by atoms with van der Waals surface area (Å²) in [6.45, 7) is 4.08. The van der Waals surface area contributed by atoms with Crippen LogP contribution in [0.5, 0.6) is 0 Å². The van der Waals surface area contributed by atoms with Crippen LogP contribution in [0, 0.1) is 0 Å². The first-order valence-electron chi connectivity index (χ1n) is 4.23. The summed E-state index contributed by atoms with van der Waals surface area (Å²) in [5.74, 6) is 0.217. The van der Waals surface area contributed by atoms with Gasteiger partial charge in [0, 0.05) is 19.5 Å². The minimum absolute atomic E-state index is 0.0187. The van der Waals surface area contributed by atoms with Gasteiger partial charge in [0.1, 0.15) is 5.78 Å². The molecule has 0 aromatic carbocycles. The standard InChI is InChI=1S/C8H14N2O2/c1-2-7(11)5-10-4-3-9-8(12)6-10/h2-6H2,1H3,(H,9,12). The van der Waals surface area contributed by atoms with E-state index in [0.29, 0.717) is 26.1 Å². The van der Waals surface area contributed by atoms with E-state index in [0.717, 1.165) is 6.54 Å². The highest BCUT2D eigenvalue weighted by Crippen LogP contribution is 1.94. The Balaban J connectivity index is 2.32. The van der Waals surface area contributed by atoms with Crippen molar-refractivity contribution in [3.63, 3.8) is 0 Å². The van der Waals surface area contributed by atoms with Crippen LogP contribution in [-0.2, 0) is 9.59 Å². The van der Waals surface area contributed by atoms with Gasteiger partial charge in [0.2, 0.25) is 5.91 Å². The second-order valence-corrected chi connectivity index (χ2v) is 2.95. The molecule has 0 spiro atoms. The van der Waals surface area contributed by atoms with Gasteiger partial charge in [0.05, 0.1) is 13.1 Å². The Bertz CT molecular complexity index is 191. The van der Waals surface area contributed by atoms with E-state index in [1.165, 1.54) is 0 Å². The molecule has 0 radical (unpaired) electrons. The molecule has 0 aromatic rings. The topological polar surface area (TPSA) is 49.4 Å². The SMILES string of the molecule is CCC(=O)CN1CCNC(=O)C1. The lowest BCUT2D eigenvalue weighted by Gasteiger charge is -2.25. The number of amides is 1. The van der Waals surface area contributed by atoms with Gasteiger partial charge < -0.3 is 5.32 Å². The molecule has 1 rings (SSSR count). The van der Waals surface area contributed by atoms with Crippen molar-refractivity contribution in [2.75, 3.05) is 26.2 Å². The molecule has 1 fully saturated rings. The van der Waals surface area contributed by atoms with Crippen LogP contribution in [0.4, 0.5) is 0 Å². The number of hydrogen-bond acceptors (Lipinski definition) is 3. The normalized spacial score (nSPS) is 18.9. The van der Waals surface area contributed by atoms with Crippen molar-refractivity contribution in [1.29, 1.82) is 0 Å². The first-order valence-corrected chi connectivity index (χ1v) is 4.23. The molecule has 0 bridgehead atoms. The van der Waals surface area contributed by atoms with Crippen LogP contribution in [0.15, 0.2) is 0 Å². The second-order valence-electron chi connectivity index (χ2n) is 2.95. The van der Waals surface area contributed by atoms with Crippen LogP contribution >= 0.6 is 0 Å². The number of carbonyl (C=O) groups is 2. The van der Waals surface area contributed by atoms with E-state index in [4.69, 9.17) is 0 Å². The Morgan fingerprint density at radius 3 is 3.00 bits per heavy atom. The van der Waals surface area contributed by atoms with Gasteiger partial charge in [-0.25, -0.2) is 0 Å². The van der Waals surface area contributed by atoms with Crippen LogP contribution in [0.3, 0.4) is 0 Å². The third kappa shape index (κ3) is 2.62. The van der Waals surface area contributed by atoms with Crippen molar-refractivity contribution in [3.8, 4) is 0 Å². The summed E-state index contributed by atoms with van der Waals surface area (Å²) >= 11 is 0. The third-order valence-corrected chi connectivity index (χ3v) is 1.91. The number of ketones is 1. The van der Waals surface area contributed by atoms with Crippen molar-refractivity contribution in [3.05, 3.63) is 0 Å². The van der Waals surface area contributed by atoms with Crippen molar-refractivity contribution < 1.29 is 9.59 Å². The summed E-state index contributed by atoms with van der Waals surface area (Å²) < 4.78 is 0. The fraction of sp³-hybridized carbons (Fsp3) is 0.750. The maximum Gasteiger partial charge on any atom is 0.234 e. The van der Waals surface area contributed by atoms with E-state index >= 15 is 0 Å². The number of hydrogen-bond donors (Lipinski definition) is 1. The van der Waals surface area contributed by atoms with Crippen molar-refractivity contribution in [2.45, 2.75) is 13.3 Å². The van der Waals surface area contributed by atoms with Crippen molar-refractivity contribution >= 4 is 11.7 Å². The minimum atomic E-state index is 0.0187. The average Bonchev–Trinajstić information content (AvgIpc) is 2.04. The summed E-state index contributed by atoms with van der Waals surface area (Å²) in [5, 5.41) is 2.71. The van der Waals surface area contributed by atoms with Gasteiger partial charge in [-0.15, -0.1) is 0 Å². The molecule has 1 saturated heterocycles. The van der Waals surface area contributed by atoms with E-state index in [-0.39, 0.29) is 11.7 Å². The van der Waals surface area contributed by atoms with Gasteiger partial charge in [0.25, 0.3) is 0 Å². The van der Waals surface area contributed by atoms with Gasteiger partial charge in [0.15, 0.2) is 0 Å². The highest BCUT2D eigenvalue weighted by Gasteiger charge is 2.17. The maximum absolute atomic E-state index is 11.0. The molecule has 4 heteroatoms. The largest absolute Gasteiger partial charge is 0.354 e. The zero-order chi connectivity index (χ0) is 8.97. The molecule has 12 heavy (non-hydrogen) atoms. The van der Waals surface area contributed by atoms with Gasteiger partial charge in [-0.05, 0) is 0 Å². The van der Waals surface area contributed by atoms with Gasteiger partial charge in [-0.2, -0.15) is 0 Å². The summed E-state index contributed by atoms with van der Waals surface area (Å²) in [5.41, 5.74) is 0. The summed E-state index contributed by atoms with van der Waals surface area (Å²) in [4.78, 5) is 23.8. The fourth-order valence-electron chi connectivity index (χ4n) is 1.19. The Morgan fingerprint density at radius 2 is 2.42 bits per heavy atom. The molecule has 0 unspecified atom stereocenters. The molecule has 0 aliphatic carbocycles. The molecular formula is C8H14N2O2. The Morgan fingerprint density at radius 1 is 1.67 bits per heavy atom. The smallest absolute Gasteiger partial charge is 0.234 e. The molecular weight excluding hydrogens is 156 g/mol. The molecule has 1 aliphatic heterocycles. The van der Waals surface area contributed by atoms with Gasteiger partial charge in [-0.3, -0.25) is 14.5 Å². The van der Waals surface area contributed by atoms with Crippen LogP contribution in [0.2, 0.25) is 0 Å². The molecule has 1 aliphatic rings. The summed E-state index contributed by atoms with van der Waals surface area (Å²) in [6, 6.07) is 0. The molecule has 1 N–H and O–H groups in total. The second kappa shape index (κ2) is 4.21. The van der Waals surface area contributed by atoms with Crippen LogP contribution in [-0.4, -0.2) is 42.8 Å².